The van der Waals surface area contributed by atoms with Crippen molar-refractivity contribution in [2.75, 3.05) is 17.2 Å². The van der Waals surface area contributed by atoms with Gasteiger partial charge in [-0.2, -0.15) is 0 Å². The first-order valence-corrected chi connectivity index (χ1v) is 12.5. The Bertz CT molecular complexity index is 1450. The van der Waals surface area contributed by atoms with E-state index in [2.05, 4.69) is 30.3 Å². The number of nitrogens with one attached hydrogen (secondary N) is 3. The summed E-state index contributed by atoms with van der Waals surface area (Å²) >= 11 is 0. The number of nitrogens with zero attached hydrogens (tertiary/aromatic N) is 4. The molecule has 5 rings (SSSR count). The summed E-state index contributed by atoms with van der Waals surface area (Å²) in [6.45, 7) is 1.00. The van der Waals surface area contributed by atoms with Gasteiger partial charge >= 0.3 is 0 Å². The minimum absolute atomic E-state index is 0.118. The molecular formula is C24H23N7O3S. The lowest BCUT2D eigenvalue weighted by Crippen LogP contribution is -2.25. The van der Waals surface area contributed by atoms with Gasteiger partial charge in [0.2, 0.25) is 21.9 Å². The van der Waals surface area contributed by atoms with Gasteiger partial charge in [0.15, 0.2) is 0 Å². The number of carbonyl (C=O) groups is 1. The number of anilines is 3. The number of para-hydroxylation sites is 1. The third-order valence-electron chi connectivity index (χ3n) is 5.54. The molecule has 10 nitrogen and oxygen atoms in total. The Labute approximate surface area is 202 Å². The zero-order chi connectivity index (χ0) is 24.3. The first-order valence-electron chi connectivity index (χ1n) is 11.1. The molecule has 2 aromatic carbocycles. The number of amides is 1. The second-order valence-corrected chi connectivity index (χ2v) is 9.81. The highest BCUT2D eigenvalue weighted by molar-refractivity contribution is 7.89. The van der Waals surface area contributed by atoms with Crippen LogP contribution in [0, 0.1) is 0 Å². The number of carbonyl (C=O) groups excluding carboxylic acids is 1. The number of benzene rings is 2. The van der Waals surface area contributed by atoms with E-state index in [-0.39, 0.29) is 17.2 Å². The van der Waals surface area contributed by atoms with Crippen LogP contribution in [0.1, 0.15) is 12.0 Å². The highest BCUT2D eigenvalue weighted by Gasteiger charge is 2.20. The van der Waals surface area contributed by atoms with Crippen molar-refractivity contribution in [2.24, 2.45) is 0 Å². The van der Waals surface area contributed by atoms with Crippen LogP contribution in [-0.2, 0) is 27.8 Å². The molecular weight excluding hydrogens is 466 g/mol. The Morgan fingerprint density at radius 2 is 1.91 bits per heavy atom. The third-order valence-corrected chi connectivity index (χ3v) is 7.01. The average molecular weight is 490 g/mol. The molecule has 0 radical (unpaired) electrons. The van der Waals surface area contributed by atoms with Gasteiger partial charge in [0, 0.05) is 48.5 Å². The molecule has 0 bridgehead atoms. The molecule has 3 N–H and O–H groups in total. The lowest BCUT2D eigenvalue weighted by Gasteiger charge is -2.11. The number of hydrogen-bond donors (Lipinski definition) is 3. The smallest absolute Gasteiger partial charge is 0.240 e. The number of aryl methyl sites for hydroxylation is 1. The molecule has 2 aromatic heterocycles. The second-order valence-electron chi connectivity index (χ2n) is 8.04. The molecule has 1 aliphatic heterocycles. The maximum Gasteiger partial charge on any atom is 0.240 e. The van der Waals surface area contributed by atoms with E-state index in [1.54, 1.807) is 30.9 Å². The maximum atomic E-state index is 12.6. The summed E-state index contributed by atoms with van der Waals surface area (Å²) in [6, 6.07) is 13.9. The van der Waals surface area contributed by atoms with E-state index in [0.29, 0.717) is 42.5 Å². The second kappa shape index (κ2) is 9.65. The van der Waals surface area contributed by atoms with Gasteiger partial charge in [-0.15, -0.1) is 0 Å². The molecule has 3 heterocycles. The Morgan fingerprint density at radius 1 is 1.09 bits per heavy atom. The lowest BCUT2D eigenvalue weighted by molar-refractivity contribution is -0.115. The molecule has 11 heteroatoms. The molecule has 0 fully saturated rings. The number of imidazole rings is 1. The Hall–Kier alpha value is -4.09. The Balaban J connectivity index is 1.27. The first-order chi connectivity index (χ1) is 17.0. The molecule has 1 amide bonds. The minimum Gasteiger partial charge on any atom is -0.337 e. The van der Waals surface area contributed by atoms with Crippen molar-refractivity contribution in [1.82, 2.24) is 24.2 Å². The quantitative estimate of drug-likeness (QED) is 0.324. The van der Waals surface area contributed by atoms with Gasteiger partial charge in [-0.3, -0.25) is 4.79 Å². The highest BCUT2D eigenvalue weighted by atomic mass is 32.2. The zero-order valence-corrected chi connectivity index (χ0v) is 19.5. The maximum absolute atomic E-state index is 12.6. The molecule has 0 spiro atoms. The van der Waals surface area contributed by atoms with Crippen LogP contribution in [0.3, 0.4) is 0 Å². The molecule has 178 valence electrons. The van der Waals surface area contributed by atoms with Crippen molar-refractivity contribution in [2.45, 2.75) is 24.3 Å². The van der Waals surface area contributed by atoms with Gasteiger partial charge in [-0.25, -0.2) is 28.1 Å². The van der Waals surface area contributed by atoms with E-state index >= 15 is 0 Å². The van der Waals surface area contributed by atoms with Gasteiger partial charge in [-0.05, 0) is 36.8 Å². The summed E-state index contributed by atoms with van der Waals surface area (Å²) in [7, 11) is -3.62. The standard InChI is InChI=1S/C24H23N7O3S/c32-22-14-17-15-26-24(30-23(17)20-4-1-2-5-21(20)29-22)28-18-6-8-19(9-7-18)35(33,34)27-10-3-12-31-13-11-25-16-31/h1-2,4-9,11,13,15-16,27H,3,10,12,14H2,(H,29,32)(H,26,28,30). The molecule has 0 saturated carbocycles. The van der Waals surface area contributed by atoms with Crippen LogP contribution >= 0.6 is 0 Å². The number of aromatic nitrogens is 4. The molecule has 35 heavy (non-hydrogen) atoms. The molecule has 0 saturated heterocycles. The fraction of sp³-hybridized carbons (Fsp3) is 0.167. The van der Waals surface area contributed by atoms with Crippen LogP contribution in [-0.4, -0.2) is 40.4 Å². The predicted molar refractivity (Wildman–Crippen MR) is 132 cm³/mol. The highest BCUT2D eigenvalue weighted by Crippen LogP contribution is 2.32. The fourth-order valence-electron chi connectivity index (χ4n) is 3.81. The van der Waals surface area contributed by atoms with E-state index in [1.165, 1.54) is 12.1 Å². The fourth-order valence-corrected chi connectivity index (χ4v) is 4.89. The SMILES string of the molecule is O=C1Cc2cnc(Nc3ccc(S(=O)(=O)NCCCn4ccnc4)cc3)nc2-c2ccccc2N1. The summed E-state index contributed by atoms with van der Waals surface area (Å²) in [5, 5.41) is 6.00. The monoisotopic (exact) mass is 489 g/mol. The van der Waals surface area contributed by atoms with Gasteiger partial charge in [0.25, 0.3) is 0 Å². The van der Waals surface area contributed by atoms with Crippen LogP contribution < -0.4 is 15.4 Å². The largest absolute Gasteiger partial charge is 0.337 e. The topological polar surface area (TPSA) is 131 Å². The molecule has 1 aliphatic rings. The van der Waals surface area contributed by atoms with E-state index in [9.17, 15) is 13.2 Å². The van der Waals surface area contributed by atoms with E-state index < -0.39 is 10.0 Å². The van der Waals surface area contributed by atoms with Gasteiger partial charge in [-0.1, -0.05) is 18.2 Å². The average Bonchev–Trinajstić information content (AvgIpc) is 3.32. The summed E-state index contributed by atoms with van der Waals surface area (Å²) < 4.78 is 29.7. The molecule has 0 atom stereocenters. The molecule has 0 aliphatic carbocycles. The normalized spacial score (nSPS) is 12.9. The van der Waals surface area contributed by atoms with Crippen molar-refractivity contribution >= 4 is 33.3 Å². The van der Waals surface area contributed by atoms with Crippen molar-refractivity contribution in [3.63, 3.8) is 0 Å². The van der Waals surface area contributed by atoms with Crippen molar-refractivity contribution in [3.05, 3.63) is 79.0 Å². The number of fused-ring (bicyclic) bond motifs is 3. The third kappa shape index (κ3) is 5.20. The van der Waals surface area contributed by atoms with Crippen LogP contribution in [0.15, 0.2) is 78.3 Å². The lowest BCUT2D eigenvalue weighted by atomic mass is 10.1. The number of hydrogen-bond acceptors (Lipinski definition) is 7. The van der Waals surface area contributed by atoms with Crippen LogP contribution in [0.25, 0.3) is 11.3 Å². The summed E-state index contributed by atoms with van der Waals surface area (Å²) in [6.07, 6.45) is 7.69. The number of rotatable bonds is 8. The van der Waals surface area contributed by atoms with E-state index in [1.807, 2.05) is 35.0 Å². The Morgan fingerprint density at radius 3 is 2.71 bits per heavy atom. The van der Waals surface area contributed by atoms with Gasteiger partial charge in [0.1, 0.15) is 0 Å². The van der Waals surface area contributed by atoms with E-state index in [0.717, 1.165) is 11.1 Å². The molecule has 4 aromatic rings. The predicted octanol–water partition coefficient (Wildman–Crippen LogP) is 2.95. The van der Waals surface area contributed by atoms with Crippen molar-refractivity contribution in [3.8, 4) is 11.3 Å². The summed E-state index contributed by atoms with van der Waals surface area (Å²) in [5.41, 5.74) is 3.57. The van der Waals surface area contributed by atoms with Crippen LogP contribution in [0.5, 0.6) is 0 Å². The summed E-state index contributed by atoms with van der Waals surface area (Å²) in [4.78, 5) is 25.3. The van der Waals surface area contributed by atoms with E-state index in [4.69, 9.17) is 0 Å². The summed E-state index contributed by atoms with van der Waals surface area (Å²) in [5.74, 6) is 0.230. The van der Waals surface area contributed by atoms with Gasteiger partial charge in [0.05, 0.1) is 29.0 Å². The zero-order valence-electron chi connectivity index (χ0n) is 18.7. The van der Waals surface area contributed by atoms with Crippen LogP contribution in [0.2, 0.25) is 0 Å². The number of sulfonamides is 1. The van der Waals surface area contributed by atoms with Crippen LogP contribution in [0.4, 0.5) is 17.3 Å². The first kappa shape index (κ1) is 22.7. The minimum atomic E-state index is -3.62. The Kier molecular flexibility index (Phi) is 6.25. The van der Waals surface area contributed by atoms with Crippen molar-refractivity contribution < 1.29 is 13.2 Å². The van der Waals surface area contributed by atoms with Crippen molar-refractivity contribution in [1.29, 1.82) is 0 Å². The molecule has 0 unspecified atom stereocenters. The van der Waals surface area contributed by atoms with Gasteiger partial charge < -0.3 is 15.2 Å².